The number of aryl methyl sites for hydroxylation is 1. The number of H-pyrrole nitrogens is 1. The highest BCUT2D eigenvalue weighted by Crippen LogP contribution is 2.26. The molecule has 2 atom stereocenters. The van der Waals surface area contributed by atoms with Gasteiger partial charge in [-0.25, -0.2) is 4.98 Å². The Hall–Kier alpha value is -2.33. The molecular weight excluding hydrogens is 372 g/mol. The maximum absolute atomic E-state index is 9.91. The third kappa shape index (κ3) is 6.33. The van der Waals surface area contributed by atoms with Crippen LogP contribution in [0.4, 0.5) is 0 Å². The SMILES string of the molecule is C\C=C(/C=c1/[nH]c(C(C)O)n/c1=C\CC)c1ccc(OCCC(C)CC)c(CC)c1. The molecule has 0 fully saturated rings. The van der Waals surface area contributed by atoms with Crippen LogP contribution in [0.3, 0.4) is 0 Å². The van der Waals surface area contributed by atoms with Gasteiger partial charge in [-0.3, -0.25) is 0 Å². The number of rotatable bonds is 10. The predicted molar refractivity (Wildman–Crippen MR) is 127 cm³/mol. The minimum absolute atomic E-state index is 0.593. The van der Waals surface area contributed by atoms with Crippen LogP contribution in [-0.4, -0.2) is 21.7 Å². The van der Waals surface area contributed by atoms with Crippen LogP contribution in [0.1, 0.15) is 83.9 Å². The van der Waals surface area contributed by atoms with E-state index in [1.54, 1.807) is 6.92 Å². The average molecular weight is 411 g/mol. The number of imidazole rings is 1. The Morgan fingerprint density at radius 3 is 2.60 bits per heavy atom. The van der Waals surface area contributed by atoms with Gasteiger partial charge >= 0.3 is 0 Å². The van der Waals surface area contributed by atoms with Crippen molar-refractivity contribution >= 4 is 17.7 Å². The first-order chi connectivity index (χ1) is 14.4. The molecule has 1 aromatic heterocycles. The Morgan fingerprint density at radius 1 is 1.23 bits per heavy atom. The Labute approximate surface area is 181 Å². The van der Waals surface area contributed by atoms with E-state index in [0.717, 1.165) is 53.5 Å². The van der Waals surface area contributed by atoms with Gasteiger partial charge in [0.05, 0.1) is 17.3 Å². The number of nitrogens with zero attached hydrogens (tertiary/aromatic N) is 1. The number of aliphatic hydroxyl groups is 1. The Bertz CT molecular complexity index is 954. The summed E-state index contributed by atoms with van der Waals surface area (Å²) in [4.78, 5) is 7.81. The molecule has 4 heteroatoms. The smallest absolute Gasteiger partial charge is 0.135 e. The lowest BCUT2D eigenvalue weighted by Gasteiger charge is -2.14. The number of aromatic amines is 1. The van der Waals surface area contributed by atoms with Crippen molar-refractivity contribution in [3.63, 3.8) is 0 Å². The van der Waals surface area contributed by atoms with Crippen molar-refractivity contribution < 1.29 is 9.84 Å². The third-order valence-corrected chi connectivity index (χ3v) is 5.52. The molecule has 30 heavy (non-hydrogen) atoms. The molecule has 0 spiro atoms. The van der Waals surface area contributed by atoms with Crippen molar-refractivity contribution in [2.75, 3.05) is 6.61 Å². The summed E-state index contributed by atoms with van der Waals surface area (Å²) in [5, 5.41) is 11.7. The van der Waals surface area contributed by atoms with Crippen molar-refractivity contribution in [2.45, 2.75) is 73.3 Å². The van der Waals surface area contributed by atoms with E-state index in [4.69, 9.17) is 4.74 Å². The number of ether oxygens (including phenoxy) is 1. The summed E-state index contributed by atoms with van der Waals surface area (Å²) in [6, 6.07) is 6.44. The van der Waals surface area contributed by atoms with Crippen LogP contribution in [0.25, 0.3) is 17.7 Å². The number of benzene rings is 1. The number of hydrogen-bond acceptors (Lipinski definition) is 3. The molecule has 0 saturated heterocycles. The fraction of sp³-hybridized carbons (Fsp3) is 0.500. The summed E-state index contributed by atoms with van der Waals surface area (Å²) in [7, 11) is 0. The lowest BCUT2D eigenvalue weighted by atomic mass is 10.0. The van der Waals surface area contributed by atoms with Gasteiger partial charge < -0.3 is 14.8 Å². The second kappa shape index (κ2) is 11.8. The van der Waals surface area contributed by atoms with Gasteiger partial charge in [-0.2, -0.15) is 0 Å². The number of nitrogens with one attached hydrogen (secondary N) is 1. The maximum Gasteiger partial charge on any atom is 0.135 e. The standard InChI is InChI=1S/C26H38N2O2/c1-7-11-23-24(28-26(27-23)19(6)29)17-20(9-3)22-12-13-25(21(10-4)16-22)30-15-14-18(5)8-2/h9,11-13,16-19,29H,7-8,10,14-15H2,1-6H3,(H,27,28)/b20-9+,23-11-,24-17+. The highest BCUT2D eigenvalue weighted by molar-refractivity contribution is 5.88. The zero-order valence-corrected chi connectivity index (χ0v) is 19.5. The molecule has 164 valence electrons. The highest BCUT2D eigenvalue weighted by Gasteiger charge is 2.09. The minimum atomic E-state index is -0.622. The molecule has 4 nitrogen and oxygen atoms in total. The molecule has 0 saturated carbocycles. The van der Waals surface area contributed by atoms with Gasteiger partial charge in [0, 0.05) is 0 Å². The largest absolute Gasteiger partial charge is 0.493 e. The molecule has 2 rings (SSSR count). The Kier molecular flexibility index (Phi) is 9.38. The van der Waals surface area contributed by atoms with Gasteiger partial charge in [0.2, 0.25) is 0 Å². The van der Waals surface area contributed by atoms with Crippen LogP contribution >= 0.6 is 0 Å². The third-order valence-electron chi connectivity index (χ3n) is 5.52. The molecule has 1 aromatic carbocycles. The molecule has 2 unspecified atom stereocenters. The van der Waals surface area contributed by atoms with E-state index in [0.29, 0.717) is 11.7 Å². The summed E-state index contributed by atoms with van der Waals surface area (Å²) in [6.45, 7) is 13.3. The van der Waals surface area contributed by atoms with Gasteiger partial charge in [0.1, 0.15) is 17.7 Å². The number of allylic oxidation sites excluding steroid dienone is 2. The van der Waals surface area contributed by atoms with Gasteiger partial charge in [-0.1, -0.05) is 52.3 Å². The van der Waals surface area contributed by atoms with Gasteiger partial charge in [0.25, 0.3) is 0 Å². The first-order valence-corrected chi connectivity index (χ1v) is 11.3. The predicted octanol–water partition coefficient (Wildman–Crippen LogP) is 4.91. The zero-order chi connectivity index (χ0) is 22.1. The zero-order valence-electron chi connectivity index (χ0n) is 19.5. The second-order valence-electron chi connectivity index (χ2n) is 7.92. The normalized spacial score (nSPS) is 15.5. The van der Waals surface area contributed by atoms with E-state index >= 15 is 0 Å². The molecule has 0 aliphatic rings. The molecule has 2 aromatic rings. The molecule has 1 heterocycles. The summed E-state index contributed by atoms with van der Waals surface area (Å²) >= 11 is 0. The number of aliphatic hydroxyl groups excluding tert-OH is 1. The maximum atomic E-state index is 9.91. The van der Waals surface area contributed by atoms with Crippen LogP contribution in [0, 0.1) is 5.92 Å². The van der Waals surface area contributed by atoms with E-state index in [1.807, 2.05) is 6.92 Å². The van der Waals surface area contributed by atoms with Crippen LogP contribution < -0.4 is 15.4 Å². The number of hydrogen-bond donors (Lipinski definition) is 2. The van der Waals surface area contributed by atoms with Crippen molar-refractivity contribution in [1.82, 2.24) is 9.97 Å². The van der Waals surface area contributed by atoms with Gasteiger partial charge in [-0.05, 0) is 73.9 Å². The van der Waals surface area contributed by atoms with Crippen molar-refractivity contribution in [3.05, 3.63) is 51.9 Å². The fourth-order valence-electron chi connectivity index (χ4n) is 3.32. The Morgan fingerprint density at radius 2 is 2.00 bits per heavy atom. The monoisotopic (exact) mass is 410 g/mol. The first-order valence-electron chi connectivity index (χ1n) is 11.3. The lowest BCUT2D eigenvalue weighted by Crippen LogP contribution is -2.24. The molecule has 2 N–H and O–H groups in total. The average Bonchev–Trinajstić information content (AvgIpc) is 3.15. The molecule has 0 bridgehead atoms. The number of aromatic nitrogens is 2. The van der Waals surface area contributed by atoms with E-state index < -0.39 is 6.10 Å². The summed E-state index contributed by atoms with van der Waals surface area (Å²) in [5.74, 6) is 2.27. The van der Waals surface area contributed by atoms with Crippen LogP contribution in [-0.2, 0) is 6.42 Å². The minimum Gasteiger partial charge on any atom is -0.493 e. The molecule has 0 amide bonds. The molecule has 0 radical (unpaired) electrons. The van der Waals surface area contributed by atoms with Gasteiger partial charge in [0.15, 0.2) is 0 Å². The van der Waals surface area contributed by atoms with Gasteiger partial charge in [-0.15, -0.1) is 0 Å². The van der Waals surface area contributed by atoms with E-state index in [9.17, 15) is 5.11 Å². The quantitative estimate of drug-likeness (QED) is 0.585. The van der Waals surface area contributed by atoms with Crippen LogP contribution in [0.15, 0.2) is 24.3 Å². The molecule has 0 aliphatic heterocycles. The summed E-state index contributed by atoms with van der Waals surface area (Å²) in [6.07, 6.45) is 9.75. The topological polar surface area (TPSA) is 58.1 Å². The van der Waals surface area contributed by atoms with Crippen LogP contribution in [0.5, 0.6) is 5.75 Å². The Balaban J connectivity index is 2.36. The van der Waals surface area contributed by atoms with Crippen molar-refractivity contribution in [3.8, 4) is 5.75 Å². The van der Waals surface area contributed by atoms with E-state index in [-0.39, 0.29) is 0 Å². The summed E-state index contributed by atoms with van der Waals surface area (Å²) in [5.41, 5.74) is 3.49. The van der Waals surface area contributed by atoms with Crippen LogP contribution in [0.2, 0.25) is 0 Å². The molecular formula is C26H38N2O2. The highest BCUT2D eigenvalue weighted by atomic mass is 16.5. The fourth-order valence-corrected chi connectivity index (χ4v) is 3.32. The summed E-state index contributed by atoms with van der Waals surface area (Å²) < 4.78 is 6.09. The van der Waals surface area contributed by atoms with Crippen molar-refractivity contribution in [1.29, 1.82) is 0 Å². The lowest BCUT2D eigenvalue weighted by molar-refractivity contribution is 0.190. The molecule has 0 aliphatic carbocycles. The van der Waals surface area contributed by atoms with Crippen molar-refractivity contribution in [2.24, 2.45) is 5.92 Å². The van der Waals surface area contributed by atoms with E-state index in [2.05, 4.69) is 74.1 Å². The van der Waals surface area contributed by atoms with E-state index in [1.165, 1.54) is 12.0 Å². The second-order valence-corrected chi connectivity index (χ2v) is 7.92. The first kappa shape index (κ1) is 23.9.